The van der Waals surface area contributed by atoms with Gasteiger partial charge in [0.2, 0.25) is 11.8 Å². The van der Waals surface area contributed by atoms with Crippen molar-refractivity contribution in [3.05, 3.63) is 65.7 Å². The molecule has 2 aromatic carbocycles. The zero-order valence-corrected chi connectivity index (χ0v) is 19.8. The van der Waals surface area contributed by atoms with Gasteiger partial charge in [-0.25, -0.2) is 0 Å². The third-order valence-electron chi connectivity index (χ3n) is 5.26. The minimum absolute atomic E-state index is 0.0189. The van der Waals surface area contributed by atoms with E-state index in [1.54, 1.807) is 31.3 Å². The van der Waals surface area contributed by atoms with Crippen molar-refractivity contribution < 1.29 is 29.0 Å². The van der Waals surface area contributed by atoms with Gasteiger partial charge >= 0.3 is 7.60 Å². The van der Waals surface area contributed by atoms with Crippen LogP contribution in [0.5, 0.6) is 5.75 Å². The van der Waals surface area contributed by atoms with Gasteiger partial charge in [-0.2, -0.15) is 0 Å². The quantitative estimate of drug-likeness (QED) is 0.269. The zero-order chi connectivity index (χ0) is 24.6. The summed E-state index contributed by atoms with van der Waals surface area (Å²) < 4.78 is 12.1. The number of carbonyl (C=O) groups excluding carboxylic acids is 2. The second kappa shape index (κ2) is 12.0. The maximum absolute atomic E-state index is 13.1. The van der Waals surface area contributed by atoms with Crippen LogP contribution in [0.1, 0.15) is 25.0 Å². The van der Waals surface area contributed by atoms with Gasteiger partial charge < -0.3 is 30.8 Å². The van der Waals surface area contributed by atoms with Crippen molar-refractivity contribution in [1.29, 1.82) is 0 Å². The van der Waals surface area contributed by atoms with Crippen LogP contribution in [0.2, 0.25) is 0 Å². The molecule has 10 heteroatoms. The third-order valence-corrected chi connectivity index (χ3v) is 6.38. The van der Waals surface area contributed by atoms with E-state index in [4.69, 9.17) is 0 Å². The average molecular weight is 477 g/mol. The van der Waals surface area contributed by atoms with Crippen molar-refractivity contribution in [3.63, 3.8) is 0 Å². The second-order valence-electron chi connectivity index (χ2n) is 8.25. The predicted octanol–water partition coefficient (Wildman–Crippen LogP) is 1.53. The summed E-state index contributed by atoms with van der Waals surface area (Å²) in [5.74, 6) is -2.58. The monoisotopic (exact) mass is 477 g/mol. The van der Waals surface area contributed by atoms with Crippen LogP contribution in [0.25, 0.3) is 0 Å². The van der Waals surface area contributed by atoms with Crippen LogP contribution in [-0.2, 0) is 27.0 Å². The summed E-state index contributed by atoms with van der Waals surface area (Å²) in [5, 5.41) is 17.5. The number of aromatic hydroxyl groups is 1. The number of benzene rings is 2. The molecule has 0 aromatic heterocycles. The van der Waals surface area contributed by atoms with Crippen LogP contribution >= 0.6 is 7.60 Å². The van der Waals surface area contributed by atoms with Gasteiger partial charge in [0.05, 0.1) is 6.04 Å². The first-order valence-corrected chi connectivity index (χ1v) is 12.3. The first-order valence-electron chi connectivity index (χ1n) is 10.7. The van der Waals surface area contributed by atoms with Crippen LogP contribution in [-0.4, -0.2) is 51.6 Å². The van der Waals surface area contributed by atoms with Crippen molar-refractivity contribution in [2.45, 2.75) is 44.6 Å². The molecule has 2 aromatic rings. The van der Waals surface area contributed by atoms with Gasteiger partial charge in [0, 0.05) is 12.8 Å². The number of phenolic OH excluding ortho intramolecular Hbond substituents is 1. The standard InChI is InChI=1S/C23H32N3O6P/c1-15(2)21(24-3)23(29)25-19(13-16-7-5-4-6-8-16)22(28)26-20(33(30,31)32)14-17-9-11-18(27)12-10-17/h4-12,15,19-21,24,27H,13-14H2,1-3H3,(H,25,29)(H,26,28)(H2,30,31,32)/t19-,20+,21-/m0/s1. The topological polar surface area (TPSA) is 148 Å². The normalized spacial score (nSPS) is 14.4. The summed E-state index contributed by atoms with van der Waals surface area (Å²) >= 11 is 0. The first-order chi connectivity index (χ1) is 15.5. The molecule has 2 rings (SSSR count). The molecule has 0 aliphatic rings. The molecular formula is C23H32N3O6P. The Bertz CT molecular complexity index is 962. The SMILES string of the molecule is CN[C@H](C(=O)N[C@@H](Cc1ccccc1)C(=O)N[C@@H](Cc1ccc(O)cc1)P(=O)(O)O)C(C)C. The van der Waals surface area contributed by atoms with E-state index in [0.717, 1.165) is 5.56 Å². The van der Waals surface area contributed by atoms with E-state index in [1.807, 2.05) is 19.9 Å². The highest BCUT2D eigenvalue weighted by Crippen LogP contribution is 2.41. The lowest BCUT2D eigenvalue weighted by atomic mass is 10.0. The third kappa shape index (κ3) is 8.29. The van der Waals surface area contributed by atoms with E-state index in [-0.39, 0.29) is 30.4 Å². The highest BCUT2D eigenvalue weighted by Gasteiger charge is 2.34. The van der Waals surface area contributed by atoms with Crippen molar-refractivity contribution >= 4 is 19.4 Å². The molecule has 180 valence electrons. The summed E-state index contributed by atoms with van der Waals surface area (Å²) in [5.41, 5.74) is 1.31. The molecule has 3 atom stereocenters. The Morgan fingerprint density at radius 3 is 1.97 bits per heavy atom. The van der Waals surface area contributed by atoms with Gasteiger partial charge in [0.15, 0.2) is 0 Å². The smallest absolute Gasteiger partial charge is 0.347 e. The molecule has 6 N–H and O–H groups in total. The second-order valence-corrected chi connectivity index (χ2v) is 10.0. The molecule has 2 amide bonds. The number of carbonyl (C=O) groups is 2. The fraction of sp³-hybridized carbons (Fsp3) is 0.391. The summed E-state index contributed by atoms with van der Waals surface area (Å²) in [6.45, 7) is 3.74. The predicted molar refractivity (Wildman–Crippen MR) is 126 cm³/mol. The molecule has 0 bridgehead atoms. The fourth-order valence-corrected chi connectivity index (χ4v) is 4.21. The van der Waals surface area contributed by atoms with E-state index in [9.17, 15) is 29.0 Å². The van der Waals surface area contributed by atoms with E-state index in [0.29, 0.717) is 5.56 Å². The lowest BCUT2D eigenvalue weighted by Crippen LogP contribution is -2.55. The lowest BCUT2D eigenvalue weighted by molar-refractivity contribution is -0.130. The Kier molecular flexibility index (Phi) is 9.61. The Labute approximate surface area is 193 Å². The molecule has 0 unspecified atom stereocenters. The molecule has 0 heterocycles. The van der Waals surface area contributed by atoms with Crippen LogP contribution < -0.4 is 16.0 Å². The molecule has 0 saturated carbocycles. The Morgan fingerprint density at radius 1 is 0.879 bits per heavy atom. The summed E-state index contributed by atoms with van der Waals surface area (Å²) in [6.07, 6.45) is 0.00741. The van der Waals surface area contributed by atoms with Crippen LogP contribution in [0, 0.1) is 5.92 Å². The fourth-order valence-electron chi connectivity index (χ4n) is 3.46. The maximum atomic E-state index is 13.1. The molecule has 0 fully saturated rings. The van der Waals surface area contributed by atoms with Crippen molar-refractivity contribution in [2.75, 3.05) is 7.05 Å². The van der Waals surface area contributed by atoms with E-state index < -0.39 is 31.4 Å². The lowest BCUT2D eigenvalue weighted by Gasteiger charge is -2.26. The van der Waals surface area contributed by atoms with Gasteiger partial charge in [0.25, 0.3) is 0 Å². The molecule has 9 nitrogen and oxygen atoms in total. The van der Waals surface area contributed by atoms with Gasteiger partial charge in [-0.15, -0.1) is 0 Å². The number of rotatable bonds is 11. The van der Waals surface area contributed by atoms with Crippen molar-refractivity contribution in [2.24, 2.45) is 5.92 Å². The molecule has 0 saturated heterocycles. The van der Waals surface area contributed by atoms with E-state index >= 15 is 0 Å². The molecule has 0 aliphatic carbocycles. The number of amides is 2. The molecular weight excluding hydrogens is 445 g/mol. The highest BCUT2D eigenvalue weighted by atomic mass is 31.2. The largest absolute Gasteiger partial charge is 0.508 e. The van der Waals surface area contributed by atoms with Gasteiger partial charge in [-0.1, -0.05) is 56.3 Å². The van der Waals surface area contributed by atoms with E-state index in [1.165, 1.54) is 24.3 Å². The van der Waals surface area contributed by atoms with Crippen molar-refractivity contribution in [1.82, 2.24) is 16.0 Å². The maximum Gasteiger partial charge on any atom is 0.347 e. The Balaban J connectivity index is 2.25. The first kappa shape index (κ1) is 26.5. The van der Waals surface area contributed by atoms with Crippen LogP contribution in [0.4, 0.5) is 0 Å². The number of hydrogen-bond acceptors (Lipinski definition) is 5. The van der Waals surface area contributed by atoms with Gasteiger partial charge in [0.1, 0.15) is 17.6 Å². The Hall–Kier alpha value is -2.71. The summed E-state index contributed by atoms with van der Waals surface area (Å²) in [4.78, 5) is 45.6. The minimum atomic E-state index is -4.72. The zero-order valence-electron chi connectivity index (χ0n) is 18.9. The van der Waals surface area contributed by atoms with Gasteiger partial charge in [-0.05, 0) is 36.2 Å². The van der Waals surface area contributed by atoms with Crippen LogP contribution in [0.3, 0.4) is 0 Å². The molecule has 0 aliphatic heterocycles. The van der Waals surface area contributed by atoms with Crippen molar-refractivity contribution in [3.8, 4) is 5.75 Å². The number of phenols is 1. The number of hydrogen-bond donors (Lipinski definition) is 6. The van der Waals surface area contributed by atoms with Gasteiger partial charge in [-0.3, -0.25) is 14.2 Å². The van der Waals surface area contributed by atoms with Crippen LogP contribution in [0.15, 0.2) is 54.6 Å². The van der Waals surface area contributed by atoms with E-state index in [2.05, 4.69) is 16.0 Å². The summed E-state index contributed by atoms with van der Waals surface area (Å²) in [6, 6.07) is 13.3. The highest BCUT2D eigenvalue weighted by molar-refractivity contribution is 7.52. The summed E-state index contributed by atoms with van der Waals surface area (Å²) in [7, 11) is -3.07. The molecule has 33 heavy (non-hydrogen) atoms. The molecule has 0 spiro atoms. The average Bonchev–Trinajstić information content (AvgIpc) is 2.74. The molecule has 0 radical (unpaired) electrons. The Morgan fingerprint density at radius 2 is 1.45 bits per heavy atom. The minimum Gasteiger partial charge on any atom is -0.508 e. The number of likely N-dealkylation sites (N-methyl/N-ethyl adjacent to an activating group) is 1. The number of nitrogens with one attached hydrogen (secondary N) is 3.